The minimum atomic E-state index is -0.0305. The fourth-order valence-corrected chi connectivity index (χ4v) is 6.07. The number of likely N-dealkylation sites (tertiary alicyclic amines) is 1. The number of rotatable bonds is 7. The molecule has 2 amide bonds. The van der Waals surface area contributed by atoms with Gasteiger partial charge in [0.05, 0.1) is 19.3 Å². The van der Waals surface area contributed by atoms with Crippen molar-refractivity contribution >= 4 is 17.5 Å². The summed E-state index contributed by atoms with van der Waals surface area (Å²) in [7, 11) is 0. The van der Waals surface area contributed by atoms with Crippen LogP contribution < -0.4 is 4.90 Å². The summed E-state index contributed by atoms with van der Waals surface area (Å²) in [4.78, 5) is 33.0. The lowest BCUT2D eigenvalue weighted by atomic mass is 9.95. The minimum absolute atomic E-state index is 0.0174. The molecule has 9 nitrogen and oxygen atoms in total. The van der Waals surface area contributed by atoms with Gasteiger partial charge < -0.3 is 24.5 Å². The molecule has 0 bridgehead atoms. The monoisotopic (exact) mass is 523 g/mol. The van der Waals surface area contributed by atoms with E-state index >= 15 is 0 Å². The largest absolute Gasteiger partial charge is 0.394 e. The molecule has 2 saturated heterocycles. The average Bonchev–Trinajstić information content (AvgIpc) is 3.31. The van der Waals surface area contributed by atoms with Crippen molar-refractivity contribution in [2.45, 2.75) is 65.0 Å². The maximum absolute atomic E-state index is 13.5. The Kier molecular flexibility index (Phi) is 8.33. The molecule has 0 saturated carbocycles. The number of hydrogen-bond acceptors (Lipinski definition) is 6. The van der Waals surface area contributed by atoms with Gasteiger partial charge in [0.25, 0.3) is 5.91 Å². The van der Waals surface area contributed by atoms with Crippen molar-refractivity contribution < 1.29 is 19.4 Å². The number of ether oxygens (including phenoxy) is 1. The fourth-order valence-electron chi connectivity index (χ4n) is 6.07. The fraction of sp³-hybridized carbons (Fsp3) is 0.621. The van der Waals surface area contributed by atoms with Crippen LogP contribution in [0.2, 0.25) is 0 Å². The van der Waals surface area contributed by atoms with Gasteiger partial charge in [-0.15, -0.1) is 0 Å². The summed E-state index contributed by atoms with van der Waals surface area (Å²) in [6.45, 7) is 9.10. The number of fused-ring (bicyclic) bond motifs is 1. The predicted octanol–water partition coefficient (Wildman–Crippen LogP) is 2.34. The standard InChI is InChI=1S/C29H41N5O4/c1-21-6-5-9-25(22(21)2)31-14-16-32(17-15-31)27(36)20-34-26-8-4-3-7-24(26)28(30-34)29(37)33-12-10-23(11-13-33)38-19-18-35/h5-6,9,23,35H,3-4,7-8,10-20H2,1-2H3. The van der Waals surface area contributed by atoms with E-state index in [4.69, 9.17) is 14.9 Å². The van der Waals surface area contributed by atoms with Gasteiger partial charge in [0.1, 0.15) is 6.54 Å². The first kappa shape index (κ1) is 26.7. The zero-order chi connectivity index (χ0) is 26.6. The van der Waals surface area contributed by atoms with E-state index in [0.717, 1.165) is 62.9 Å². The average molecular weight is 524 g/mol. The Balaban J connectivity index is 1.23. The maximum Gasteiger partial charge on any atom is 0.274 e. The SMILES string of the molecule is Cc1cccc(N2CCN(C(=O)Cn3nc(C(=O)N4CCC(OCCO)CC4)c4c3CCCC4)CC2)c1C. The number of carbonyl (C=O) groups is 2. The van der Waals surface area contributed by atoms with E-state index in [2.05, 4.69) is 36.9 Å². The van der Waals surface area contributed by atoms with Crippen molar-refractivity contribution in [1.82, 2.24) is 19.6 Å². The van der Waals surface area contributed by atoms with Crippen LogP contribution in [0.4, 0.5) is 5.69 Å². The normalized spacial score (nSPS) is 18.6. The summed E-state index contributed by atoms with van der Waals surface area (Å²) in [5, 5.41) is 13.8. The summed E-state index contributed by atoms with van der Waals surface area (Å²) in [6, 6.07) is 6.40. The molecule has 9 heteroatoms. The molecule has 2 fully saturated rings. The summed E-state index contributed by atoms with van der Waals surface area (Å²) >= 11 is 0. The van der Waals surface area contributed by atoms with Gasteiger partial charge in [-0.25, -0.2) is 0 Å². The molecule has 206 valence electrons. The van der Waals surface area contributed by atoms with Crippen molar-refractivity contribution in [2.24, 2.45) is 0 Å². The lowest BCUT2D eigenvalue weighted by Crippen LogP contribution is -2.50. The lowest BCUT2D eigenvalue weighted by molar-refractivity contribution is -0.132. The van der Waals surface area contributed by atoms with E-state index < -0.39 is 0 Å². The van der Waals surface area contributed by atoms with E-state index in [1.807, 2.05) is 14.5 Å². The van der Waals surface area contributed by atoms with E-state index in [1.165, 1.54) is 16.8 Å². The molecular weight excluding hydrogens is 482 g/mol. The molecule has 38 heavy (non-hydrogen) atoms. The van der Waals surface area contributed by atoms with Crippen LogP contribution in [0.3, 0.4) is 0 Å². The summed E-state index contributed by atoms with van der Waals surface area (Å²) in [5.74, 6) is 0.0411. The van der Waals surface area contributed by atoms with Gasteiger partial charge >= 0.3 is 0 Å². The highest BCUT2D eigenvalue weighted by Crippen LogP contribution is 2.27. The number of carbonyl (C=O) groups excluding carboxylic acids is 2. The van der Waals surface area contributed by atoms with Crippen LogP contribution in [0, 0.1) is 13.8 Å². The Hall–Kier alpha value is -2.91. The Bertz CT molecular complexity index is 1150. The van der Waals surface area contributed by atoms with Crippen molar-refractivity contribution in [3.05, 3.63) is 46.3 Å². The second kappa shape index (κ2) is 11.9. The highest BCUT2D eigenvalue weighted by molar-refractivity contribution is 5.94. The molecule has 3 aliphatic rings. The highest BCUT2D eigenvalue weighted by Gasteiger charge is 2.32. The summed E-state index contributed by atoms with van der Waals surface area (Å²) in [6.07, 6.45) is 5.43. The first-order valence-corrected chi connectivity index (χ1v) is 14.2. The van der Waals surface area contributed by atoms with Gasteiger partial charge in [-0.2, -0.15) is 5.10 Å². The third-order valence-electron chi connectivity index (χ3n) is 8.47. The lowest BCUT2D eigenvalue weighted by Gasteiger charge is -2.37. The van der Waals surface area contributed by atoms with Crippen LogP contribution in [0.15, 0.2) is 18.2 Å². The number of piperazine rings is 1. The van der Waals surface area contributed by atoms with Crippen LogP contribution in [-0.2, 0) is 28.9 Å². The third-order valence-corrected chi connectivity index (χ3v) is 8.47. The first-order chi connectivity index (χ1) is 18.5. The maximum atomic E-state index is 13.5. The molecule has 2 aliphatic heterocycles. The summed E-state index contributed by atoms with van der Waals surface area (Å²) < 4.78 is 7.47. The molecule has 0 unspecified atom stereocenters. The molecular formula is C29H41N5O4. The van der Waals surface area contributed by atoms with E-state index in [1.54, 1.807) is 0 Å². The van der Waals surface area contributed by atoms with Gasteiger partial charge in [0.2, 0.25) is 5.91 Å². The predicted molar refractivity (Wildman–Crippen MR) is 146 cm³/mol. The zero-order valence-corrected chi connectivity index (χ0v) is 22.8. The molecule has 0 atom stereocenters. The topological polar surface area (TPSA) is 91.1 Å². The molecule has 1 aliphatic carbocycles. The molecule has 1 N–H and O–H groups in total. The number of anilines is 1. The molecule has 2 aromatic rings. The number of aliphatic hydroxyl groups is 1. The first-order valence-electron chi connectivity index (χ1n) is 14.2. The Labute approximate surface area is 225 Å². The van der Waals surface area contributed by atoms with Gasteiger partial charge in [0, 0.05) is 56.2 Å². The van der Waals surface area contributed by atoms with Crippen molar-refractivity contribution in [3.8, 4) is 0 Å². The number of aromatic nitrogens is 2. The quantitative estimate of drug-likeness (QED) is 0.599. The molecule has 1 aromatic heterocycles. The molecule has 5 rings (SSSR count). The summed E-state index contributed by atoms with van der Waals surface area (Å²) in [5.41, 5.74) is 6.46. The van der Waals surface area contributed by atoms with Crippen LogP contribution >= 0.6 is 0 Å². The van der Waals surface area contributed by atoms with Crippen molar-refractivity contribution in [3.63, 3.8) is 0 Å². The highest BCUT2D eigenvalue weighted by atomic mass is 16.5. The molecule has 1 aromatic carbocycles. The second-order valence-electron chi connectivity index (χ2n) is 10.8. The number of aryl methyl sites for hydroxylation is 1. The van der Waals surface area contributed by atoms with Crippen molar-refractivity contribution in [1.29, 1.82) is 0 Å². The number of aliphatic hydroxyl groups excluding tert-OH is 1. The van der Waals surface area contributed by atoms with E-state index in [9.17, 15) is 9.59 Å². The Morgan fingerprint density at radius 1 is 1.00 bits per heavy atom. The third kappa shape index (κ3) is 5.59. The number of nitrogens with zero attached hydrogens (tertiary/aromatic N) is 5. The van der Waals surface area contributed by atoms with Gasteiger partial charge in [0.15, 0.2) is 5.69 Å². The number of benzene rings is 1. The van der Waals surface area contributed by atoms with Crippen molar-refractivity contribution in [2.75, 3.05) is 57.4 Å². The number of hydrogen-bond donors (Lipinski definition) is 1. The van der Waals surface area contributed by atoms with E-state index in [-0.39, 0.29) is 31.1 Å². The smallest absolute Gasteiger partial charge is 0.274 e. The van der Waals surface area contributed by atoms with Crippen LogP contribution in [0.25, 0.3) is 0 Å². The Morgan fingerprint density at radius 2 is 1.74 bits per heavy atom. The second-order valence-corrected chi connectivity index (χ2v) is 10.8. The number of amides is 2. The van der Waals surface area contributed by atoms with Gasteiger partial charge in [-0.1, -0.05) is 12.1 Å². The zero-order valence-electron chi connectivity index (χ0n) is 22.8. The van der Waals surface area contributed by atoms with Crippen LogP contribution in [0.1, 0.15) is 58.6 Å². The van der Waals surface area contributed by atoms with Gasteiger partial charge in [-0.05, 0) is 69.6 Å². The van der Waals surface area contributed by atoms with E-state index in [0.29, 0.717) is 38.5 Å². The molecule has 0 spiro atoms. The molecule has 3 heterocycles. The van der Waals surface area contributed by atoms with Crippen LogP contribution in [0.5, 0.6) is 0 Å². The number of piperidine rings is 1. The Morgan fingerprint density at radius 3 is 2.47 bits per heavy atom. The minimum Gasteiger partial charge on any atom is -0.394 e. The van der Waals surface area contributed by atoms with Gasteiger partial charge in [-0.3, -0.25) is 14.3 Å². The van der Waals surface area contributed by atoms with Crippen LogP contribution in [-0.4, -0.2) is 95.1 Å². The molecule has 0 radical (unpaired) electrons.